The summed E-state index contributed by atoms with van der Waals surface area (Å²) < 4.78 is 0. The van der Waals surface area contributed by atoms with Gasteiger partial charge in [0, 0.05) is 25.6 Å². The minimum absolute atomic E-state index is 0.0536. The Morgan fingerprint density at radius 2 is 2.22 bits per heavy atom. The molecule has 2 unspecified atom stereocenters. The number of rotatable bonds is 6. The zero-order valence-corrected chi connectivity index (χ0v) is 10.9. The highest BCUT2D eigenvalue weighted by molar-refractivity contribution is 5.78. The largest absolute Gasteiger partial charge is 0.481 e. The summed E-state index contributed by atoms with van der Waals surface area (Å²) in [5.74, 6) is -0.373. The summed E-state index contributed by atoms with van der Waals surface area (Å²) in [6.07, 6.45) is 1.58. The van der Waals surface area contributed by atoms with Gasteiger partial charge in [0.1, 0.15) is 0 Å². The second-order valence-electron chi connectivity index (χ2n) is 5.01. The fourth-order valence-electron chi connectivity index (χ4n) is 2.04. The molecule has 6 nitrogen and oxygen atoms in total. The minimum Gasteiger partial charge on any atom is -0.481 e. The highest BCUT2D eigenvalue weighted by Gasteiger charge is 2.24. The van der Waals surface area contributed by atoms with Crippen LogP contribution in [0.5, 0.6) is 0 Å². The molecule has 1 aliphatic rings. The molecule has 104 valence electrons. The van der Waals surface area contributed by atoms with Gasteiger partial charge in [0.2, 0.25) is 5.91 Å². The number of carboxylic acids is 1. The lowest BCUT2D eigenvalue weighted by molar-refractivity contribution is -0.137. The number of aliphatic carboxylic acids is 1. The first-order chi connectivity index (χ1) is 8.49. The summed E-state index contributed by atoms with van der Waals surface area (Å²) >= 11 is 0. The monoisotopic (exact) mass is 257 g/mol. The van der Waals surface area contributed by atoms with Gasteiger partial charge in [-0.05, 0) is 25.3 Å². The first-order valence-electron chi connectivity index (χ1n) is 6.45. The number of amides is 1. The number of hydrogen-bond acceptors (Lipinski definition) is 4. The SMILES string of the molecule is CC1CCN(CC(=O)NCCCC(=O)O)CC1N. The molecule has 1 heterocycles. The molecule has 0 aromatic carbocycles. The Bertz CT molecular complexity index is 296. The fraction of sp³-hybridized carbons (Fsp3) is 0.833. The van der Waals surface area contributed by atoms with Crippen LogP contribution in [0, 0.1) is 5.92 Å². The van der Waals surface area contributed by atoms with Crippen molar-refractivity contribution >= 4 is 11.9 Å². The highest BCUT2D eigenvalue weighted by Crippen LogP contribution is 2.14. The van der Waals surface area contributed by atoms with Crippen molar-refractivity contribution in [2.45, 2.75) is 32.2 Å². The molecule has 6 heteroatoms. The summed E-state index contributed by atoms with van der Waals surface area (Å²) in [5.41, 5.74) is 5.96. The van der Waals surface area contributed by atoms with Crippen molar-refractivity contribution in [2.24, 2.45) is 11.7 Å². The van der Waals surface area contributed by atoms with E-state index in [-0.39, 0.29) is 18.4 Å². The zero-order valence-electron chi connectivity index (χ0n) is 10.9. The number of nitrogens with zero attached hydrogens (tertiary/aromatic N) is 1. The van der Waals surface area contributed by atoms with Crippen LogP contribution in [0.4, 0.5) is 0 Å². The maximum Gasteiger partial charge on any atom is 0.303 e. The molecule has 1 saturated heterocycles. The number of nitrogens with two attached hydrogens (primary N) is 1. The predicted octanol–water partition coefficient (Wildman–Crippen LogP) is -0.363. The molecule has 0 spiro atoms. The Balaban J connectivity index is 2.14. The van der Waals surface area contributed by atoms with Crippen LogP contribution in [0.1, 0.15) is 26.2 Å². The molecule has 2 atom stereocenters. The van der Waals surface area contributed by atoms with Crippen LogP contribution in [-0.2, 0) is 9.59 Å². The summed E-state index contributed by atoms with van der Waals surface area (Å²) in [6.45, 7) is 4.56. The molecule has 0 aliphatic carbocycles. The van der Waals surface area contributed by atoms with Crippen LogP contribution in [0.25, 0.3) is 0 Å². The summed E-state index contributed by atoms with van der Waals surface area (Å²) in [5, 5.41) is 11.2. The van der Waals surface area contributed by atoms with Crippen LogP contribution in [-0.4, -0.2) is 54.1 Å². The van der Waals surface area contributed by atoms with Gasteiger partial charge >= 0.3 is 5.97 Å². The summed E-state index contributed by atoms with van der Waals surface area (Å²) in [7, 11) is 0. The van der Waals surface area contributed by atoms with Gasteiger partial charge in [0.05, 0.1) is 6.54 Å². The number of carboxylic acid groups (broad SMARTS) is 1. The average molecular weight is 257 g/mol. The van der Waals surface area contributed by atoms with Crippen LogP contribution < -0.4 is 11.1 Å². The second kappa shape index (κ2) is 7.33. The van der Waals surface area contributed by atoms with Crippen LogP contribution in [0.2, 0.25) is 0 Å². The number of carbonyl (C=O) groups is 2. The Labute approximate surface area is 108 Å². The molecule has 0 aromatic rings. The Morgan fingerprint density at radius 1 is 1.50 bits per heavy atom. The normalized spacial score (nSPS) is 24.8. The van der Waals surface area contributed by atoms with E-state index in [2.05, 4.69) is 17.1 Å². The fourth-order valence-corrected chi connectivity index (χ4v) is 2.04. The van der Waals surface area contributed by atoms with Crippen LogP contribution in [0.3, 0.4) is 0 Å². The third kappa shape index (κ3) is 5.46. The van der Waals surface area contributed by atoms with Gasteiger partial charge in [0.15, 0.2) is 0 Å². The standard InChI is InChI=1S/C12H23N3O3/c1-9-4-6-15(7-10(9)13)8-11(16)14-5-2-3-12(17)18/h9-10H,2-8,13H2,1H3,(H,14,16)(H,17,18). The van der Waals surface area contributed by atoms with E-state index in [0.717, 1.165) is 19.5 Å². The van der Waals surface area contributed by atoms with E-state index in [4.69, 9.17) is 10.8 Å². The first-order valence-corrected chi connectivity index (χ1v) is 6.45. The Kier molecular flexibility index (Phi) is 6.07. The molecule has 0 aromatic heterocycles. The third-order valence-corrected chi connectivity index (χ3v) is 3.36. The lowest BCUT2D eigenvalue weighted by Gasteiger charge is -2.34. The van der Waals surface area contributed by atoms with E-state index in [0.29, 0.717) is 25.4 Å². The number of piperidine rings is 1. The predicted molar refractivity (Wildman–Crippen MR) is 68.1 cm³/mol. The van der Waals surface area contributed by atoms with E-state index >= 15 is 0 Å². The minimum atomic E-state index is -0.833. The molecule has 0 saturated carbocycles. The summed E-state index contributed by atoms with van der Waals surface area (Å²) in [6, 6.07) is 0.138. The van der Waals surface area contributed by atoms with Gasteiger partial charge in [-0.15, -0.1) is 0 Å². The molecule has 1 aliphatic heterocycles. The van der Waals surface area contributed by atoms with Gasteiger partial charge in [0.25, 0.3) is 0 Å². The maximum absolute atomic E-state index is 11.6. The molecule has 0 radical (unpaired) electrons. The quantitative estimate of drug-likeness (QED) is 0.565. The number of nitrogens with one attached hydrogen (secondary N) is 1. The zero-order chi connectivity index (χ0) is 13.5. The van der Waals surface area contributed by atoms with Gasteiger partial charge in [-0.25, -0.2) is 0 Å². The van der Waals surface area contributed by atoms with Gasteiger partial charge in [-0.3, -0.25) is 14.5 Å². The van der Waals surface area contributed by atoms with Gasteiger partial charge in [-0.2, -0.15) is 0 Å². The molecule has 18 heavy (non-hydrogen) atoms. The second-order valence-corrected chi connectivity index (χ2v) is 5.01. The molecule has 1 fully saturated rings. The average Bonchev–Trinajstić information content (AvgIpc) is 2.29. The Morgan fingerprint density at radius 3 is 2.83 bits per heavy atom. The smallest absolute Gasteiger partial charge is 0.303 e. The van der Waals surface area contributed by atoms with Gasteiger partial charge < -0.3 is 16.2 Å². The van der Waals surface area contributed by atoms with E-state index in [1.165, 1.54) is 0 Å². The molecule has 1 rings (SSSR count). The molecular weight excluding hydrogens is 234 g/mol. The third-order valence-electron chi connectivity index (χ3n) is 3.36. The highest BCUT2D eigenvalue weighted by atomic mass is 16.4. The van der Waals surface area contributed by atoms with Crippen molar-refractivity contribution in [3.05, 3.63) is 0 Å². The number of hydrogen-bond donors (Lipinski definition) is 3. The van der Waals surface area contributed by atoms with Crippen LogP contribution in [0.15, 0.2) is 0 Å². The molecule has 0 bridgehead atoms. The Hall–Kier alpha value is -1.14. The lowest BCUT2D eigenvalue weighted by atomic mass is 9.94. The van der Waals surface area contributed by atoms with Crippen LogP contribution >= 0.6 is 0 Å². The number of carbonyl (C=O) groups excluding carboxylic acids is 1. The number of likely N-dealkylation sites (tertiary alicyclic amines) is 1. The topological polar surface area (TPSA) is 95.7 Å². The van der Waals surface area contributed by atoms with E-state index in [9.17, 15) is 9.59 Å². The van der Waals surface area contributed by atoms with E-state index in [1.807, 2.05) is 0 Å². The first kappa shape index (κ1) is 14.9. The van der Waals surface area contributed by atoms with E-state index in [1.54, 1.807) is 0 Å². The maximum atomic E-state index is 11.6. The van der Waals surface area contributed by atoms with Crippen molar-refractivity contribution < 1.29 is 14.7 Å². The van der Waals surface area contributed by atoms with Crippen molar-refractivity contribution in [1.29, 1.82) is 0 Å². The van der Waals surface area contributed by atoms with E-state index < -0.39 is 5.97 Å². The van der Waals surface area contributed by atoms with Crippen molar-refractivity contribution in [3.63, 3.8) is 0 Å². The lowest BCUT2D eigenvalue weighted by Crippen LogP contribution is -2.50. The molecular formula is C12H23N3O3. The molecule has 4 N–H and O–H groups in total. The van der Waals surface area contributed by atoms with Crippen molar-refractivity contribution in [1.82, 2.24) is 10.2 Å². The molecule has 1 amide bonds. The van der Waals surface area contributed by atoms with Crippen molar-refractivity contribution in [3.8, 4) is 0 Å². The van der Waals surface area contributed by atoms with Crippen molar-refractivity contribution in [2.75, 3.05) is 26.2 Å². The van der Waals surface area contributed by atoms with Gasteiger partial charge in [-0.1, -0.05) is 6.92 Å². The summed E-state index contributed by atoms with van der Waals surface area (Å²) in [4.78, 5) is 23.9.